The van der Waals surface area contributed by atoms with Gasteiger partial charge in [0, 0.05) is 18.0 Å². The maximum absolute atomic E-state index is 12.0. The minimum atomic E-state index is -0.539. The molecule has 108 valence electrons. The molecular formula is C12H10BrN5O3. The van der Waals surface area contributed by atoms with Gasteiger partial charge in [0.15, 0.2) is 0 Å². The Morgan fingerprint density at radius 2 is 2.10 bits per heavy atom. The number of pyridine rings is 1. The van der Waals surface area contributed by atoms with E-state index < -0.39 is 10.8 Å². The lowest BCUT2D eigenvalue weighted by Gasteiger charge is -2.06. The van der Waals surface area contributed by atoms with Crippen LogP contribution < -0.4 is 16.6 Å². The lowest BCUT2D eigenvalue weighted by molar-refractivity contribution is -0.385. The summed E-state index contributed by atoms with van der Waals surface area (Å²) in [5, 5.41) is 13.4. The summed E-state index contributed by atoms with van der Waals surface area (Å²) < 4.78 is 0.338. The highest BCUT2D eigenvalue weighted by Gasteiger charge is 2.14. The first-order chi connectivity index (χ1) is 10.0. The number of rotatable bonds is 4. The van der Waals surface area contributed by atoms with Gasteiger partial charge in [-0.2, -0.15) is 0 Å². The number of anilines is 2. The molecule has 0 saturated carbocycles. The van der Waals surface area contributed by atoms with E-state index in [4.69, 9.17) is 5.84 Å². The van der Waals surface area contributed by atoms with Gasteiger partial charge < -0.3 is 10.7 Å². The molecule has 0 unspecified atom stereocenters. The summed E-state index contributed by atoms with van der Waals surface area (Å²) in [5.74, 6) is 5.17. The van der Waals surface area contributed by atoms with Crippen molar-refractivity contribution in [2.24, 2.45) is 5.84 Å². The summed E-state index contributed by atoms with van der Waals surface area (Å²) >= 11 is 3.07. The number of carbonyl (C=O) groups is 1. The van der Waals surface area contributed by atoms with Gasteiger partial charge in [0.05, 0.1) is 15.0 Å². The largest absolute Gasteiger partial charge is 0.322 e. The van der Waals surface area contributed by atoms with Gasteiger partial charge in [-0.25, -0.2) is 10.8 Å². The van der Waals surface area contributed by atoms with Gasteiger partial charge in [0.25, 0.3) is 11.6 Å². The van der Waals surface area contributed by atoms with Crippen LogP contribution in [-0.2, 0) is 0 Å². The number of carbonyl (C=O) groups excluding carboxylic acids is 1. The molecule has 4 N–H and O–H groups in total. The fraction of sp³-hybridized carbons (Fsp3) is 0. The lowest BCUT2D eigenvalue weighted by Crippen LogP contribution is -2.13. The number of benzene rings is 1. The number of nitro groups is 1. The molecule has 0 saturated heterocycles. The zero-order valence-electron chi connectivity index (χ0n) is 10.5. The van der Waals surface area contributed by atoms with Crippen LogP contribution in [0.1, 0.15) is 10.4 Å². The molecule has 0 spiro atoms. The van der Waals surface area contributed by atoms with E-state index in [0.717, 1.165) is 0 Å². The van der Waals surface area contributed by atoms with Crippen LogP contribution in [0.5, 0.6) is 0 Å². The smallest absolute Gasteiger partial charge is 0.285 e. The predicted octanol–water partition coefficient (Wildman–Crippen LogP) is 2.29. The first-order valence-electron chi connectivity index (χ1n) is 5.69. The van der Waals surface area contributed by atoms with Crippen LogP contribution in [0.25, 0.3) is 0 Å². The van der Waals surface area contributed by atoms with Crippen molar-refractivity contribution >= 4 is 39.0 Å². The summed E-state index contributed by atoms with van der Waals surface area (Å²) in [6.45, 7) is 0. The van der Waals surface area contributed by atoms with Gasteiger partial charge in [0.2, 0.25) is 0 Å². The summed E-state index contributed by atoms with van der Waals surface area (Å²) in [6, 6.07) is 7.39. The number of aromatic nitrogens is 1. The van der Waals surface area contributed by atoms with Crippen molar-refractivity contribution in [2.45, 2.75) is 0 Å². The second-order valence-corrected chi connectivity index (χ2v) is 4.81. The third-order valence-electron chi connectivity index (χ3n) is 2.57. The second-order valence-electron chi connectivity index (χ2n) is 3.95. The Labute approximate surface area is 127 Å². The van der Waals surface area contributed by atoms with Gasteiger partial charge in [-0.3, -0.25) is 14.9 Å². The summed E-state index contributed by atoms with van der Waals surface area (Å²) in [7, 11) is 0. The van der Waals surface area contributed by atoms with Gasteiger partial charge >= 0.3 is 0 Å². The Kier molecular flexibility index (Phi) is 4.45. The molecule has 0 fully saturated rings. The maximum atomic E-state index is 12.0. The molecule has 0 radical (unpaired) electrons. The van der Waals surface area contributed by atoms with Crippen LogP contribution in [0.3, 0.4) is 0 Å². The Bertz CT molecular complexity index is 690. The number of hydrogen-bond donors (Lipinski definition) is 3. The molecule has 0 atom stereocenters. The molecular weight excluding hydrogens is 342 g/mol. The van der Waals surface area contributed by atoms with E-state index >= 15 is 0 Å². The third kappa shape index (κ3) is 3.52. The van der Waals surface area contributed by atoms with Crippen molar-refractivity contribution in [3.63, 3.8) is 0 Å². The summed E-state index contributed by atoms with van der Waals surface area (Å²) in [5.41, 5.74) is 2.84. The molecule has 1 aromatic carbocycles. The molecule has 1 aromatic heterocycles. The van der Waals surface area contributed by atoms with Crippen molar-refractivity contribution in [3.8, 4) is 0 Å². The van der Waals surface area contributed by atoms with Gasteiger partial charge in [-0.15, -0.1) is 0 Å². The number of nitrogens with one attached hydrogen (secondary N) is 2. The van der Waals surface area contributed by atoms with Crippen LogP contribution in [0.2, 0.25) is 0 Å². The van der Waals surface area contributed by atoms with E-state index in [1.807, 2.05) is 0 Å². The van der Waals surface area contributed by atoms with Gasteiger partial charge in [-0.05, 0) is 40.2 Å². The molecule has 0 bridgehead atoms. The van der Waals surface area contributed by atoms with Crippen LogP contribution in [0, 0.1) is 10.1 Å². The van der Waals surface area contributed by atoms with Crippen molar-refractivity contribution in [1.29, 1.82) is 0 Å². The predicted molar refractivity (Wildman–Crippen MR) is 80.8 cm³/mol. The molecule has 0 aliphatic carbocycles. The van der Waals surface area contributed by atoms with Crippen molar-refractivity contribution in [1.82, 2.24) is 4.98 Å². The zero-order valence-corrected chi connectivity index (χ0v) is 12.1. The van der Waals surface area contributed by atoms with E-state index in [-0.39, 0.29) is 5.69 Å². The highest BCUT2D eigenvalue weighted by Crippen LogP contribution is 2.28. The van der Waals surface area contributed by atoms with Gasteiger partial charge in [0.1, 0.15) is 5.82 Å². The van der Waals surface area contributed by atoms with Crippen LogP contribution in [0.15, 0.2) is 41.0 Å². The number of nitro benzene ring substituents is 1. The van der Waals surface area contributed by atoms with Crippen LogP contribution in [-0.4, -0.2) is 15.8 Å². The first-order valence-corrected chi connectivity index (χ1v) is 6.48. The first kappa shape index (κ1) is 14.9. The van der Waals surface area contributed by atoms with Crippen molar-refractivity contribution < 1.29 is 9.72 Å². The maximum Gasteiger partial charge on any atom is 0.285 e. The average Bonchev–Trinajstić information content (AvgIpc) is 2.49. The normalized spacial score (nSPS) is 10.0. The van der Waals surface area contributed by atoms with Gasteiger partial charge in [-0.1, -0.05) is 0 Å². The topological polar surface area (TPSA) is 123 Å². The molecule has 9 heteroatoms. The minimum Gasteiger partial charge on any atom is -0.322 e. The molecule has 2 rings (SSSR count). The molecule has 1 amide bonds. The fourth-order valence-electron chi connectivity index (χ4n) is 1.55. The zero-order chi connectivity index (χ0) is 15.4. The number of nitrogen functional groups attached to an aromatic ring is 1. The number of amides is 1. The third-order valence-corrected chi connectivity index (χ3v) is 3.24. The number of nitrogens with two attached hydrogens (primary N) is 1. The lowest BCUT2D eigenvalue weighted by atomic mass is 10.2. The molecule has 1 heterocycles. The van der Waals surface area contributed by atoms with Crippen LogP contribution in [0.4, 0.5) is 17.2 Å². The fourth-order valence-corrected chi connectivity index (χ4v) is 1.94. The van der Waals surface area contributed by atoms with Crippen molar-refractivity contribution in [3.05, 3.63) is 56.7 Å². The second kappa shape index (κ2) is 6.29. The SMILES string of the molecule is NNc1ccc(C(=O)Nc2ccc(Br)c([N+](=O)[O-])c2)cn1. The Morgan fingerprint density at radius 1 is 1.33 bits per heavy atom. The van der Waals surface area contributed by atoms with E-state index in [0.29, 0.717) is 21.5 Å². The number of hydrogen-bond acceptors (Lipinski definition) is 6. The van der Waals surface area contributed by atoms with E-state index in [1.54, 1.807) is 12.1 Å². The van der Waals surface area contributed by atoms with E-state index in [2.05, 4.69) is 31.7 Å². The highest BCUT2D eigenvalue weighted by molar-refractivity contribution is 9.10. The van der Waals surface area contributed by atoms with Crippen molar-refractivity contribution in [2.75, 3.05) is 10.7 Å². The summed E-state index contributed by atoms with van der Waals surface area (Å²) in [4.78, 5) is 26.2. The van der Waals surface area contributed by atoms with E-state index in [9.17, 15) is 14.9 Å². The molecule has 0 aliphatic rings. The number of hydrazine groups is 1. The average molecular weight is 352 g/mol. The molecule has 2 aromatic rings. The number of halogens is 1. The molecule has 0 aliphatic heterocycles. The highest BCUT2D eigenvalue weighted by atomic mass is 79.9. The van der Waals surface area contributed by atoms with Crippen LogP contribution >= 0.6 is 15.9 Å². The monoisotopic (exact) mass is 351 g/mol. The standard InChI is InChI=1S/C12H10BrN5O3/c13-9-3-2-8(5-10(9)18(20)21)16-12(19)7-1-4-11(17-14)15-6-7/h1-6H,14H2,(H,15,17)(H,16,19). The number of nitrogens with zero attached hydrogens (tertiary/aromatic N) is 2. The Morgan fingerprint density at radius 3 is 2.67 bits per heavy atom. The minimum absolute atomic E-state index is 0.131. The summed E-state index contributed by atoms with van der Waals surface area (Å²) in [6.07, 6.45) is 1.35. The quantitative estimate of drug-likeness (QED) is 0.441. The Balaban J connectivity index is 2.19. The Hall–Kier alpha value is -2.52. The molecule has 8 nitrogen and oxygen atoms in total. The van der Waals surface area contributed by atoms with E-state index in [1.165, 1.54) is 24.4 Å². The molecule has 21 heavy (non-hydrogen) atoms.